The van der Waals surface area contributed by atoms with E-state index in [1.165, 1.54) is 24.2 Å². The van der Waals surface area contributed by atoms with E-state index >= 15 is 0 Å². The SMILES string of the molecule is CCCCCCCC1(C)NC(=O)N(CCC[Si](OCC)(OCC)OCC)C1=O. The lowest BCUT2D eigenvalue weighted by atomic mass is 9.94. The Hall–Kier alpha value is -0.963. The van der Waals surface area contributed by atoms with Gasteiger partial charge >= 0.3 is 14.8 Å². The van der Waals surface area contributed by atoms with Gasteiger partial charge < -0.3 is 18.6 Å². The van der Waals surface area contributed by atoms with Crippen molar-refractivity contribution in [2.75, 3.05) is 26.4 Å². The molecule has 1 unspecified atom stereocenters. The van der Waals surface area contributed by atoms with Crippen molar-refractivity contribution in [2.24, 2.45) is 0 Å². The number of hydrogen-bond donors (Lipinski definition) is 1. The molecule has 7 nitrogen and oxygen atoms in total. The number of unbranched alkanes of at least 4 members (excludes halogenated alkanes) is 4. The minimum atomic E-state index is -2.75. The molecule has 1 atom stereocenters. The Balaban J connectivity index is 2.58. The molecule has 1 aliphatic heterocycles. The second kappa shape index (κ2) is 12.6. The van der Waals surface area contributed by atoms with Crippen LogP contribution in [0.1, 0.15) is 79.6 Å². The molecule has 8 heteroatoms. The first-order valence-corrected chi connectivity index (χ1v) is 12.9. The number of nitrogens with one attached hydrogen (secondary N) is 1. The summed E-state index contributed by atoms with van der Waals surface area (Å²) in [6, 6.07) is 0.297. The summed E-state index contributed by atoms with van der Waals surface area (Å²) in [6.45, 7) is 11.7. The molecule has 1 fully saturated rings. The standard InChI is InChI=1S/C20H40N2O5Si/c1-6-10-11-12-13-15-20(5)18(23)22(19(24)21-20)16-14-17-28(25-7-2,26-8-3)27-9-4/h6-17H2,1-5H3,(H,21,24). The molecule has 0 aromatic heterocycles. The highest BCUT2D eigenvalue weighted by Crippen LogP contribution is 2.25. The number of rotatable bonds is 16. The van der Waals surface area contributed by atoms with Crippen LogP contribution in [0.2, 0.25) is 6.04 Å². The zero-order valence-electron chi connectivity index (χ0n) is 18.5. The Morgan fingerprint density at radius 2 is 1.46 bits per heavy atom. The van der Waals surface area contributed by atoms with Gasteiger partial charge in [-0.15, -0.1) is 0 Å². The van der Waals surface area contributed by atoms with Gasteiger partial charge in [-0.1, -0.05) is 39.0 Å². The minimum absolute atomic E-state index is 0.121. The van der Waals surface area contributed by atoms with E-state index in [1.807, 2.05) is 27.7 Å². The van der Waals surface area contributed by atoms with Gasteiger partial charge in [-0.2, -0.15) is 0 Å². The summed E-state index contributed by atoms with van der Waals surface area (Å²) >= 11 is 0. The van der Waals surface area contributed by atoms with Crippen LogP contribution in [-0.2, 0) is 18.1 Å². The Morgan fingerprint density at radius 3 is 2.00 bits per heavy atom. The van der Waals surface area contributed by atoms with Crippen LogP contribution in [0.25, 0.3) is 0 Å². The molecule has 1 heterocycles. The summed E-state index contributed by atoms with van der Waals surface area (Å²) < 4.78 is 17.5. The molecule has 164 valence electrons. The van der Waals surface area contributed by atoms with Gasteiger partial charge in [-0.25, -0.2) is 4.79 Å². The van der Waals surface area contributed by atoms with E-state index in [-0.39, 0.29) is 11.9 Å². The largest absolute Gasteiger partial charge is 0.500 e. The van der Waals surface area contributed by atoms with Crippen LogP contribution in [0.15, 0.2) is 0 Å². The fourth-order valence-electron chi connectivity index (χ4n) is 3.66. The average Bonchev–Trinajstić information content (AvgIpc) is 2.85. The summed E-state index contributed by atoms with van der Waals surface area (Å²) in [5, 5.41) is 2.90. The van der Waals surface area contributed by atoms with Crippen molar-refractivity contribution in [2.45, 2.75) is 91.1 Å². The van der Waals surface area contributed by atoms with Crippen molar-refractivity contribution in [3.8, 4) is 0 Å². The van der Waals surface area contributed by atoms with Crippen molar-refractivity contribution in [3.05, 3.63) is 0 Å². The van der Waals surface area contributed by atoms with Gasteiger partial charge in [0, 0.05) is 32.4 Å². The quantitative estimate of drug-likeness (QED) is 0.233. The first kappa shape index (κ1) is 25.1. The number of nitrogens with zero attached hydrogens (tertiary/aromatic N) is 1. The fourth-order valence-corrected chi connectivity index (χ4v) is 6.25. The van der Waals surface area contributed by atoms with Gasteiger partial charge in [0.1, 0.15) is 5.54 Å². The molecule has 1 aliphatic rings. The van der Waals surface area contributed by atoms with Gasteiger partial charge in [-0.3, -0.25) is 9.69 Å². The Bertz CT molecular complexity index is 474. The maximum Gasteiger partial charge on any atom is 0.500 e. The second-order valence-electron chi connectivity index (χ2n) is 7.47. The van der Waals surface area contributed by atoms with Crippen LogP contribution >= 0.6 is 0 Å². The predicted octanol–water partition coefficient (Wildman–Crippen LogP) is 4.10. The Labute approximate surface area is 171 Å². The van der Waals surface area contributed by atoms with E-state index in [9.17, 15) is 9.59 Å². The van der Waals surface area contributed by atoms with Gasteiger partial charge in [0.15, 0.2) is 0 Å². The number of carbonyl (C=O) groups excluding carboxylic acids is 2. The van der Waals surface area contributed by atoms with Crippen LogP contribution < -0.4 is 5.32 Å². The van der Waals surface area contributed by atoms with Crippen molar-refractivity contribution in [1.82, 2.24) is 10.2 Å². The van der Waals surface area contributed by atoms with Gasteiger partial charge in [-0.05, 0) is 40.5 Å². The van der Waals surface area contributed by atoms with E-state index in [2.05, 4.69) is 12.2 Å². The number of amides is 3. The highest BCUT2D eigenvalue weighted by atomic mass is 28.4. The smallest absolute Gasteiger partial charge is 0.374 e. The van der Waals surface area contributed by atoms with Crippen molar-refractivity contribution in [1.29, 1.82) is 0 Å². The zero-order chi connectivity index (χ0) is 21.0. The van der Waals surface area contributed by atoms with Crippen LogP contribution in [0.4, 0.5) is 4.79 Å². The third kappa shape index (κ3) is 7.13. The van der Waals surface area contributed by atoms with E-state index in [4.69, 9.17) is 13.3 Å². The summed E-state index contributed by atoms with van der Waals surface area (Å²) in [7, 11) is -2.75. The molecule has 3 amide bonds. The molecule has 0 spiro atoms. The highest BCUT2D eigenvalue weighted by Gasteiger charge is 2.47. The number of urea groups is 1. The molecule has 28 heavy (non-hydrogen) atoms. The Kier molecular flexibility index (Phi) is 11.3. The summed E-state index contributed by atoms with van der Waals surface area (Å²) in [5.41, 5.74) is -0.780. The number of hydrogen-bond acceptors (Lipinski definition) is 5. The van der Waals surface area contributed by atoms with E-state index in [1.54, 1.807) is 0 Å². The molecule has 1 rings (SSSR count). The lowest BCUT2D eigenvalue weighted by Gasteiger charge is -2.29. The van der Waals surface area contributed by atoms with Crippen LogP contribution in [0.5, 0.6) is 0 Å². The third-order valence-electron chi connectivity index (χ3n) is 5.08. The number of imide groups is 1. The van der Waals surface area contributed by atoms with Crippen molar-refractivity contribution >= 4 is 20.7 Å². The first-order valence-electron chi connectivity index (χ1n) is 10.9. The molecule has 0 radical (unpaired) electrons. The highest BCUT2D eigenvalue weighted by molar-refractivity contribution is 6.60. The van der Waals surface area contributed by atoms with Crippen LogP contribution in [0, 0.1) is 0 Å². The summed E-state index contributed by atoms with van der Waals surface area (Å²) in [6.07, 6.45) is 6.93. The molecule has 0 aromatic rings. The lowest BCUT2D eigenvalue weighted by molar-refractivity contribution is -0.131. The zero-order valence-corrected chi connectivity index (χ0v) is 19.5. The topological polar surface area (TPSA) is 77.1 Å². The molecule has 1 N–H and O–H groups in total. The van der Waals surface area contributed by atoms with Crippen molar-refractivity contribution in [3.63, 3.8) is 0 Å². The fraction of sp³-hybridized carbons (Fsp3) is 0.900. The average molecular weight is 417 g/mol. The van der Waals surface area contributed by atoms with Gasteiger partial charge in [0.05, 0.1) is 0 Å². The van der Waals surface area contributed by atoms with Crippen LogP contribution in [-0.4, -0.2) is 57.5 Å². The van der Waals surface area contributed by atoms with E-state index in [0.29, 0.717) is 45.3 Å². The molecule has 0 bridgehead atoms. The first-order chi connectivity index (χ1) is 13.4. The minimum Gasteiger partial charge on any atom is -0.374 e. The van der Waals surface area contributed by atoms with Gasteiger partial charge in [0.25, 0.3) is 5.91 Å². The third-order valence-corrected chi connectivity index (χ3v) is 8.23. The predicted molar refractivity (Wildman–Crippen MR) is 112 cm³/mol. The van der Waals surface area contributed by atoms with Crippen molar-refractivity contribution < 1.29 is 22.9 Å². The van der Waals surface area contributed by atoms with Gasteiger partial charge in [0.2, 0.25) is 0 Å². The maximum absolute atomic E-state index is 12.9. The molecule has 1 saturated heterocycles. The second-order valence-corrected chi connectivity index (χ2v) is 10.2. The molecular formula is C20H40N2O5Si. The summed E-state index contributed by atoms with van der Waals surface area (Å²) in [5.74, 6) is -0.121. The van der Waals surface area contributed by atoms with Crippen LogP contribution in [0.3, 0.4) is 0 Å². The monoisotopic (exact) mass is 416 g/mol. The molecule has 0 saturated carbocycles. The van der Waals surface area contributed by atoms with E-state index < -0.39 is 14.3 Å². The maximum atomic E-state index is 12.9. The molecule has 0 aromatic carbocycles. The summed E-state index contributed by atoms with van der Waals surface area (Å²) in [4.78, 5) is 26.6. The van der Waals surface area contributed by atoms with E-state index in [0.717, 1.165) is 12.8 Å². The number of carbonyl (C=O) groups is 2. The molecular weight excluding hydrogens is 376 g/mol. The molecule has 0 aliphatic carbocycles. The Morgan fingerprint density at radius 1 is 0.893 bits per heavy atom. The normalized spacial score (nSPS) is 20.1. The lowest BCUT2D eigenvalue weighted by Crippen LogP contribution is -2.47.